The summed E-state index contributed by atoms with van der Waals surface area (Å²) < 4.78 is 38.4. The number of pyridine rings is 1. The summed E-state index contributed by atoms with van der Waals surface area (Å²) in [7, 11) is 3.18. The second-order valence-corrected chi connectivity index (χ2v) is 4.39. The molecule has 0 aliphatic heterocycles. The van der Waals surface area contributed by atoms with Gasteiger partial charge >= 0.3 is 6.18 Å². The van der Waals surface area contributed by atoms with E-state index in [0.29, 0.717) is 6.54 Å². The van der Waals surface area contributed by atoms with Crippen LogP contribution in [0.3, 0.4) is 0 Å². The van der Waals surface area contributed by atoms with Gasteiger partial charge in [0.1, 0.15) is 11.6 Å². The van der Waals surface area contributed by atoms with Gasteiger partial charge in [-0.1, -0.05) is 0 Å². The van der Waals surface area contributed by atoms with Gasteiger partial charge in [-0.05, 0) is 17.7 Å². The van der Waals surface area contributed by atoms with Crippen molar-refractivity contribution >= 4 is 11.6 Å². The molecule has 5 nitrogen and oxygen atoms in total. The minimum atomic E-state index is -4.58. The molecule has 0 saturated heterocycles. The highest BCUT2D eigenvalue weighted by Crippen LogP contribution is 2.29. The monoisotopic (exact) mass is 297 g/mol. The highest BCUT2D eigenvalue weighted by atomic mass is 19.4. The molecule has 8 heteroatoms. The van der Waals surface area contributed by atoms with Crippen LogP contribution in [0.1, 0.15) is 11.4 Å². The Morgan fingerprint density at radius 3 is 2.43 bits per heavy atom. The van der Waals surface area contributed by atoms with Gasteiger partial charge in [0.15, 0.2) is 0 Å². The van der Waals surface area contributed by atoms with Crippen molar-refractivity contribution in [2.75, 3.05) is 24.3 Å². The second kappa shape index (κ2) is 5.94. The lowest BCUT2D eigenvalue weighted by atomic mass is 10.2. The lowest BCUT2D eigenvalue weighted by Gasteiger charge is -2.20. The van der Waals surface area contributed by atoms with Crippen molar-refractivity contribution in [3.63, 3.8) is 0 Å². The van der Waals surface area contributed by atoms with E-state index in [1.807, 2.05) is 0 Å². The van der Waals surface area contributed by atoms with Crippen LogP contribution in [-0.2, 0) is 12.7 Å². The molecule has 0 aromatic carbocycles. The molecule has 0 fully saturated rings. The minimum Gasteiger partial charge on any atom is -0.373 e. The van der Waals surface area contributed by atoms with Gasteiger partial charge in [0, 0.05) is 39.1 Å². The summed E-state index contributed by atoms with van der Waals surface area (Å²) in [6.07, 6.45) is -1.33. The zero-order chi connectivity index (χ0) is 15.5. The number of nitrogens with zero attached hydrogens (tertiary/aromatic N) is 4. The Balaban J connectivity index is 2.30. The van der Waals surface area contributed by atoms with Gasteiger partial charge in [-0.25, -0.2) is 9.97 Å². The van der Waals surface area contributed by atoms with E-state index in [0.717, 1.165) is 5.56 Å². The molecule has 0 aliphatic rings. The SMILES string of the molecule is CNc1cc(N(C)Cc2ccncc2)nc(C(F)(F)F)n1. The van der Waals surface area contributed by atoms with Gasteiger partial charge < -0.3 is 10.2 Å². The van der Waals surface area contributed by atoms with Crippen LogP contribution in [0, 0.1) is 0 Å². The fourth-order valence-electron chi connectivity index (χ4n) is 1.73. The van der Waals surface area contributed by atoms with Crippen LogP contribution in [0.4, 0.5) is 24.8 Å². The van der Waals surface area contributed by atoms with Crippen LogP contribution in [0.25, 0.3) is 0 Å². The van der Waals surface area contributed by atoms with Crippen molar-refractivity contribution in [3.8, 4) is 0 Å². The van der Waals surface area contributed by atoms with Crippen molar-refractivity contribution in [3.05, 3.63) is 42.0 Å². The molecule has 0 unspecified atom stereocenters. The number of anilines is 2. The Kier molecular flexibility index (Phi) is 4.25. The van der Waals surface area contributed by atoms with Crippen LogP contribution in [-0.4, -0.2) is 29.0 Å². The molecule has 0 spiro atoms. The van der Waals surface area contributed by atoms with Crippen LogP contribution in [0.2, 0.25) is 0 Å². The Morgan fingerprint density at radius 2 is 1.86 bits per heavy atom. The maximum absolute atomic E-state index is 12.8. The van der Waals surface area contributed by atoms with E-state index >= 15 is 0 Å². The molecule has 0 bridgehead atoms. The molecule has 2 heterocycles. The summed E-state index contributed by atoms with van der Waals surface area (Å²) in [6.45, 7) is 0.417. The van der Waals surface area contributed by atoms with E-state index in [-0.39, 0.29) is 11.6 Å². The summed E-state index contributed by atoms with van der Waals surface area (Å²) >= 11 is 0. The average molecular weight is 297 g/mol. The third kappa shape index (κ3) is 3.80. The van der Waals surface area contributed by atoms with Crippen molar-refractivity contribution in [1.29, 1.82) is 0 Å². The first-order chi connectivity index (χ1) is 9.90. The molecule has 0 radical (unpaired) electrons. The summed E-state index contributed by atoms with van der Waals surface area (Å²) in [4.78, 5) is 12.5. The standard InChI is InChI=1S/C13H14F3N5/c1-17-10-7-11(20-12(19-10)13(14,15)16)21(2)8-9-3-5-18-6-4-9/h3-7H,8H2,1-2H3,(H,17,19,20). The van der Waals surface area contributed by atoms with Gasteiger partial charge in [0.25, 0.3) is 0 Å². The van der Waals surface area contributed by atoms with Crippen molar-refractivity contribution in [1.82, 2.24) is 15.0 Å². The minimum absolute atomic E-state index is 0.119. The van der Waals surface area contributed by atoms with Gasteiger partial charge in [-0.15, -0.1) is 0 Å². The van der Waals surface area contributed by atoms with Crippen LogP contribution >= 0.6 is 0 Å². The quantitative estimate of drug-likeness (QED) is 0.940. The zero-order valence-corrected chi connectivity index (χ0v) is 11.5. The Bertz CT molecular complexity index is 601. The summed E-state index contributed by atoms with van der Waals surface area (Å²) in [5, 5.41) is 2.61. The molecule has 2 aromatic rings. The fraction of sp³-hybridized carbons (Fsp3) is 0.308. The van der Waals surface area contributed by atoms with Crippen molar-refractivity contribution < 1.29 is 13.2 Å². The molecule has 21 heavy (non-hydrogen) atoms. The molecule has 0 atom stereocenters. The van der Waals surface area contributed by atoms with E-state index in [9.17, 15) is 13.2 Å². The predicted octanol–water partition coefficient (Wildman–Crippen LogP) is 2.57. The van der Waals surface area contributed by atoms with Gasteiger partial charge in [0.2, 0.25) is 5.82 Å². The molecular weight excluding hydrogens is 283 g/mol. The average Bonchev–Trinajstić information content (AvgIpc) is 2.46. The largest absolute Gasteiger partial charge is 0.451 e. The van der Waals surface area contributed by atoms with Crippen molar-refractivity contribution in [2.45, 2.75) is 12.7 Å². The van der Waals surface area contributed by atoms with E-state index < -0.39 is 12.0 Å². The first kappa shape index (κ1) is 15.0. The van der Waals surface area contributed by atoms with Crippen LogP contribution < -0.4 is 10.2 Å². The second-order valence-electron chi connectivity index (χ2n) is 4.39. The van der Waals surface area contributed by atoms with Gasteiger partial charge in [0.05, 0.1) is 0 Å². The lowest BCUT2D eigenvalue weighted by molar-refractivity contribution is -0.144. The number of hydrogen-bond acceptors (Lipinski definition) is 5. The molecule has 0 saturated carbocycles. The van der Waals surface area contributed by atoms with E-state index in [1.165, 1.54) is 13.1 Å². The molecule has 2 rings (SSSR count). The first-order valence-corrected chi connectivity index (χ1v) is 6.14. The number of rotatable bonds is 4. The Hall–Kier alpha value is -2.38. The van der Waals surface area contributed by atoms with E-state index in [4.69, 9.17) is 0 Å². The number of nitrogens with one attached hydrogen (secondary N) is 1. The summed E-state index contributed by atoms with van der Waals surface area (Å²) in [5.74, 6) is -0.849. The third-order valence-electron chi connectivity index (χ3n) is 2.78. The van der Waals surface area contributed by atoms with Gasteiger partial charge in [-0.2, -0.15) is 13.2 Å². The normalized spacial score (nSPS) is 11.3. The Morgan fingerprint density at radius 1 is 1.19 bits per heavy atom. The maximum Gasteiger partial charge on any atom is 0.451 e. The smallest absolute Gasteiger partial charge is 0.373 e. The predicted molar refractivity (Wildman–Crippen MR) is 72.9 cm³/mol. The number of aromatic nitrogens is 3. The molecule has 0 aliphatic carbocycles. The fourth-order valence-corrected chi connectivity index (χ4v) is 1.73. The molecular formula is C13H14F3N5. The summed E-state index contributed by atoms with van der Waals surface area (Å²) in [5.41, 5.74) is 0.922. The number of hydrogen-bond donors (Lipinski definition) is 1. The lowest BCUT2D eigenvalue weighted by Crippen LogP contribution is -2.21. The Labute approximate surface area is 119 Å². The van der Waals surface area contributed by atoms with E-state index in [1.54, 1.807) is 36.5 Å². The number of alkyl halides is 3. The first-order valence-electron chi connectivity index (χ1n) is 6.14. The number of halogens is 3. The van der Waals surface area contributed by atoms with E-state index in [2.05, 4.69) is 20.3 Å². The molecule has 1 N–H and O–H groups in total. The summed E-state index contributed by atoms with van der Waals surface area (Å²) in [6, 6.07) is 5.05. The molecule has 112 valence electrons. The highest BCUT2D eigenvalue weighted by Gasteiger charge is 2.35. The van der Waals surface area contributed by atoms with Crippen molar-refractivity contribution in [2.24, 2.45) is 0 Å². The third-order valence-corrected chi connectivity index (χ3v) is 2.78. The van der Waals surface area contributed by atoms with Crippen LogP contribution in [0.5, 0.6) is 0 Å². The zero-order valence-electron chi connectivity index (χ0n) is 11.5. The van der Waals surface area contributed by atoms with Gasteiger partial charge in [-0.3, -0.25) is 4.98 Å². The van der Waals surface area contributed by atoms with Crippen LogP contribution in [0.15, 0.2) is 30.6 Å². The maximum atomic E-state index is 12.8. The topological polar surface area (TPSA) is 53.9 Å². The highest BCUT2D eigenvalue weighted by molar-refractivity contribution is 5.49. The molecule has 0 amide bonds. The molecule has 2 aromatic heterocycles.